The summed E-state index contributed by atoms with van der Waals surface area (Å²) in [5, 5.41) is 10.9. The molecule has 0 radical (unpaired) electrons. The van der Waals surface area contributed by atoms with E-state index < -0.39 is 4.92 Å². The Bertz CT molecular complexity index is 653. The highest BCUT2D eigenvalue weighted by atomic mass is 79.9. The second-order valence-corrected chi connectivity index (χ2v) is 5.76. The highest BCUT2D eigenvalue weighted by molar-refractivity contribution is 9.10. The Morgan fingerprint density at radius 3 is 2.48 bits per heavy atom. The molecule has 0 aliphatic heterocycles. The van der Waals surface area contributed by atoms with E-state index in [1.54, 1.807) is 13.0 Å². The lowest BCUT2D eigenvalue weighted by atomic mass is 10.1. The number of halogens is 1. The van der Waals surface area contributed by atoms with Crippen molar-refractivity contribution in [1.82, 2.24) is 0 Å². The molecular formula is C16H16BrNO3. The normalized spacial score (nSPS) is 10.4. The van der Waals surface area contributed by atoms with Crippen LogP contribution in [0, 0.1) is 24.0 Å². The highest BCUT2D eigenvalue weighted by Gasteiger charge is 2.14. The van der Waals surface area contributed by atoms with Crippen LogP contribution in [0.15, 0.2) is 40.9 Å². The van der Waals surface area contributed by atoms with E-state index in [1.165, 1.54) is 17.2 Å². The maximum absolute atomic E-state index is 10.9. The zero-order valence-electron chi connectivity index (χ0n) is 11.9. The van der Waals surface area contributed by atoms with E-state index in [1.807, 2.05) is 0 Å². The quantitative estimate of drug-likeness (QED) is 0.585. The number of ether oxygens (including phenoxy) is 1. The fraction of sp³-hybridized carbons (Fsp3) is 0.250. The van der Waals surface area contributed by atoms with Crippen LogP contribution in [0.2, 0.25) is 0 Å². The van der Waals surface area contributed by atoms with Gasteiger partial charge in [-0.05, 0) is 41.4 Å². The Labute approximate surface area is 132 Å². The van der Waals surface area contributed by atoms with Gasteiger partial charge in [-0.3, -0.25) is 10.1 Å². The Morgan fingerprint density at radius 1 is 1.19 bits per heavy atom. The fourth-order valence-electron chi connectivity index (χ4n) is 1.99. The van der Waals surface area contributed by atoms with Crippen LogP contribution in [-0.2, 0) is 6.42 Å². The zero-order chi connectivity index (χ0) is 15.4. The number of rotatable bonds is 5. The summed E-state index contributed by atoms with van der Waals surface area (Å²) in [6.07, 6.45) is 0.794. The van der Waals surface area contributed by atoms with E-state index >= 15 is 0 Å². The third-order valence-electron chi connectivity index (χ3n) is 3.22. The molecule has 4 nitrogen and oxygen atoms in total. The van der Waals surface area contributed by atoms with Gasteiger partial charge in [-0.1, -0.05) is 29.8 Å². The van der Waals surface area contributed by atoms with Crippen LogP contribution in [0.1, 0.15) is 16.7 Å². The number of nitrogens with zero attached hydrogens (tertiary/aromatic N) is 1. The maximum atomic E-state index is 10.9. The summed E-state index contributed by atoms with van der Waals surface area (Å²) in [6, 6.07) is 11.5. The average molecular weight is 350 g/mol. The minimum atomic E-state index is -0.393. The van der Waals surface area contributed by atoms with Crippen LogP contribution < -0.4 is 4.74 Å². The number of benzene rings is 2. The van der Waals surface area contributed by atoms with Crippen molar-refractivity contribution in [2.24, 2.45) is 0 Å². The molecule has 0 N–H and O–H groups in total. The van der Waals surface area contributed by atoms with E-state index in [9.17, 15) is 10.1 Å². The Morgan fingerprint density at radius 2 is 1.86 bits per heavy atom. The van der Waals surface area contributed by atoms with E-state index in [2.05, 4.69) is 47.1 Å². The van der Waals surface area contributed by atoms with Crippen molar-refractivity contribution in [3.05, 3.63) is 67.7 Å². The molecule has 0 amide bonds. The second kappa shape index (κ2) is 6.72. The van der Waals surface area contributed by atoms with Crippen molar-refractivity contribution in [2.75, 3.05) is 6.61 Å². The Hall–Kier alpha value is -1.88. The van der Waals surface area contributed by atoms with Crippen molar-refractivity contribution < 1.29 is 9.66 Å². The molecule has 0 saturated heterocycles. The summed E-state index contributed by atoms with van der Waals surface area (Å²) in [4.78, 5) is 10.5. The van der Waals surface area contributed by atoms with Crippen molar-refractivity contribution in [3.63, 3.8) is 0 Å². The predicted octanol–water partition coefficient (Wildman–Crippen LogP) is 4.60. The van der Waals surface area contributed by atoms with Gasteiger partial charge in [0.2, 0.25) is 0 Å². The summed E-state index contributed by atoms with van der Waals surface area (Å²) in [5.41, 5.74) is 3.12. The molecule has 0 aliphatic rings. The highest BCUT2D eigenvalue weighted by Crippen LogP contribution is 2.32. The molecule has 0 aromatic heterocycles. The first kappa shape index (κ1) is 15.5. The number of hydrogen-bond acceptors (Lipinski definition) is 3. The molecule has 0 unspecified atom stereocenters. The summed E-state index contributed by atoms with van der Waals surface area (Å²) in [5.74, 6) is 0.630. The minimum Gasteiger partial charge on any atom is -0.492 e. The molecule has 21 heavy (non-hydrogen) atoms. The lowest BCUT2D eigenvalue weighted by molar-refractivity contribution is -0.385. The number of nitro benzene ring substituents is 1. The Balaban J connectivity index is 2.02. The largest absolute Gasteiger partial charge is 0.492 e. The first-order chi connectivity index (χ1) is 9.97. The Kier molecular flexibility index (Phi) is 4.96. The van der Waals surface area contributed by atoms with Gasteiger partial charge in [-0.15, -0.1) is 0 Å². The van der Waals surface area contributed by atoms with Gasteiger partial charge >= 0.3 is 0 Å². The molecule has 0 atom stereocenters. The van der Waals surface area contributed by atoms with Gasteiger partial charge in [0.05, 0.1) is 16.0 Å². The lowest BCUT2D eigenvalue weighted by Crippen LogP contribution is -2.03. The molecule has 0 heterocycles. The van der Waals surface area contributed by atoms with Crippen molar-refractivity contribution in [3.8, 4) is 5.75 Å². The average Bonchev–Trinajstić information content (AvgIpc) is 2.44. The molecule has 5 heteroatoms. The maximum Gasteiger partial charge on any atom is 0.273 e. The third-order valence-corrected chi connectivity index (χ3v) is 3.84. The summed E-state index contributed by atoms with van der Waals surface area (Å²) in [7, 11) is 0. The molecule has 2 rings (SSSR count). The van der Waals surface area contributed by atoms with E-state index in [0.29, 0.717) is 22.4 Å². The van der Waals surface area contributed by atoms with Crippen LogP contribution in [0.3, 0.4) is 0 Å². The van der Waals surface area contributed by atoms with Crippen LogP contribution in [0.25, 0.3) is 0 Å². The van der Waals surface area contributed by atoms with Gasteiger partial charge in [0, 0.05) is 18.1 Å². The molecule has 110 valence electrons. The SMILES string of the molecule is Cc1ccc(CCOc2cc(C)c([N+](=O)[O-])cc2Br)cc1. The van der Waals surface area contributed by atoms with Crippen LogP contribution >= 0.6 is 15.9 Å². The van der Waals surface area contributed by atoms with Gasteiger partial charge in [-0.25, -0.2) is 0 Å². The van der Waals surface area contributed by atoms with Crippen molar-refractivity contribution >= 4 is 21.6 Å². The molecule has 0 saturated carbocycles. The molecule has 0 bridgehead atoms. The van der Waals surface area contributed by atoms with Gasteiger partial charge in [-0.2, -0.15) is 0 Å². The van der Waals surface area contributed by atoms with Gasteiger partial charge < -0.3 is 4.74 Å². The number of aryl methyl sites for hydroxylation is 2. The molecule has 2 aromatic carbocycles. The van der Waals surface area contributed by atoms with Gasteiger partial charge in [0.25, 0.3) is 5.69 Å². The molecule has 0 fully saturated rings. The summed E-state index contributed by atoms with van der Waals surface area (Å²) < 4.78 is 6.32. The molecule has 2 aromatic rings. The standard InChI is InChI=1S/C16H16BrNO3/c1-11-3-5-13(6-4-11)7-8-21-16-9-12(2)15(18(19)20)10-14(16)17/h3-6,9-10H,7-8H2,1-2H3. The fourth-order valence-corrected chi connectivity index (χ4v) is 2.43. The van der Waals surface area contributed by atoms with E-state index in [-0.39, 0.29) is 5.69 Å². The zero-order valence-corrected chi connectivity index (χ0v) is 13.5. The van der Waals surface area contributed by atoms with Gasteiger partial charge in [0.1, 0.15) is 5.75 Å². The number of hydrogen-bond donors (Lipinski definition) is 0. The minimum absolute atomic E-state index is 0.0905. The third kappa shape index (κ3) is 4.04. The molecule has 0 aliphatic carbocycles. The van der Waals surface area contributed by atoms with E-state index in [4.69, 9.17) is 4.74 Å². The van der Waals surface area contributed by atoms with E-state index in [0.717, 1.165) is 6.42 Å². The molecular weight excluding hydrogens is 334 g/mol. The first-order valence-corrected chi connectivity index (χ1v) is 7.39. The molecule has 0 spiro atoms. The topological polar surface area (TPSA) is 52.4 Å². The number of nitro groups is 1. The predicted molar refractivity (Wildman–Crippen MR) is 85.9 cm³/mol. The van der Waals surface area contributed by atoms with Crippen LogP contribution in [0.4, 0.5) is 5.69 Å². The van der Waals surface area contributed by atoms with Gasteiger partial charge in [0.15, 0.2) is 0 Å². The van der Waals surface area contributed by atoms with Crippen LogP contribution in [0.5, 0.6) is 5.75 Å². The van der Waals surface area contributed by atoms with Crippen molar-refractivity contribution in [2.45, 2.75) is 20.3 Å². The van der Waals surface area contributed by atoms with Crippen LogP contribution in [-0.4, -0.2) is 11.5 Å². The summed E-state index contributed by atoms with van der Waals surface area (Å²) in [6.45, 7) is 4.29. The second-order valence-electron chi connectivity index (χ2n) is 4.91. The smallest absolute Gasteiger partial charge is 0.273 e. The first-order valence-electron chi connectivity index (χ1n) is 6.60. The summed E-state index contributed by atoms with van der Waals surface area (Å²) >= 11 is 3.32. The van der Waals surface area contributed by atoms with Crippen molar-refractivity contribution in [1.29, 1.82) is 0 Å². The lowest BCUT2D eigenvalue weighted by Gasteiger charge is -2.09. The monoisotopic (exact) mass is 349 g/mol.